The fourth-order valence-electron chi connectivity index (χ4n) is 1.91. The van der Waals surface area contributed by atoms with Crippen LogP contribution in [0.1, 0.15) is 26.3 Å². The third kappa shape index (κ3) is 4.53. The molecule has 2 aromatic rings. The Kier molecular flexibility index (Phi) is 5.89. The SMILES string of the molecule is COC(=O)c1cccc(C(=O)NC(=S)Nc2ccc(C)c(Cl)c2)c1. The van der Waals surface area contributed by atoms with Gasteiger partial charge in [0.2, 0.25) is 0 Å². The second-order valence-electron chi connectivity index (χ2n) is 4.94. The molecular formula is C17H15ClN2O3S. The topological polar surface area (TPSA) is 67.4 Å². The summed E-state index contributed by atoms with van der Waals surface area (Å²) in [5.41, 5.74) is 2.19. The number of carbonyl (C=O) groups excluding carboxylic acids is 2. The van der Waals surface area contributed by atoms with Gasteiger partial charge in [-0.2, -0.15) is 0 Å². The zero-order chi connectivity index (χ0) is 17.7. The molecule has 2 rings (SSSR count). The van der Waals surface area contributed by atoms with E-state index in [4.69, 9.17) is 23.8 Å². The zero-order valence-corrected chi connectivity index (χ0v) is 14.6. The van der Waals surface area contributed by atoms with Gasteiger partial charge in [0.15, 0.2) is 5.11 Å². The first-order valence-corrected chi connectivity index (χ1v) is 7.76. The van der Waals surface area contributed by atoms with Crippen molar-refractivity contribution >= 4 is 46.5 Å². The lowest BCUT2D eigenvalue weighted by Crippen LogP contribution is -2.34. The number of thiocarbonyl (C=S) groups is 1. The minimum absolute atomic E-state index is 0.128. The van der Waals surface area contributed by atoms with Crippen LogP contribution in [0.4, 0.5) is 5.69 Å². The zero-order valence-electron chi connectivity index (χ0n) is 13.1. The first kappa shape index (κ1) is 17.9. The van der Waals surface area contributed by atoms with Gasteiger partial charge in [-0.05, 0) is 55.0 Å². The average Bonchev–Trinajstić information content (AvgIpc) is 2.57. The Morgan fingerprint density at radius 3 is 2.50 bits per heavy atom. The van der Waals surface area contributed by atoms with Crippen molar-refractivity contribution in [3.8, 4) is 0 Å². The number of hydrogen-bond donors (Lipinski definition) is 2. The van der Waals surface area contributed by atoms with Gasteiger partial charge in [-0.1, -0.05) is 23.7 Å². The summed E-state index contributed by atoms with van der Waals surface area (Å²) in [5.74, 6) is -0.948. The van der Waals surface area contributed by atoms with Gasteiger partial charge in [-0.25, -0.2) is 4.79 Å². The van der Waals surface area contributed by atoms with Crippen LogP contribution in [0.25, 0.3) is 0 Å². The van der Waals surface area contributed by atoms with Crippen LogP contribution in [0.3, 0.4) is 0 Å². The fraction of sp³-hybridized carbons (Fsp3) is 0.118. The summed E-state index contributed by atoms with van der Waals surface area (Å²) in [5, 5.41) is 6.16. The second kappa shape index (κ2) is 7.90. The Bertz CT molecular complexity index is 808. The van der Waals surface area contributed by atoms with Gasteiger partial charge < -0.3 is 10.1 Å². The molecule has 0 saturated heterocycles. The Labute approximate surface area is 150 Å². The highest BCUT2D eigenvalue weighted by atomic mass is 35.5. The number of hydrogen-bond acceptors (Lipinski definition) is 4. The number of ether oxygens (including phenoxy) is 1. The number of halogens is 1. The molecule has 0 bridgehead atoms. The lowest BCUT2D eigenvalue weighted by Gasteiger charge is -2.11. The molecule has 24 heavy (non-hydrogen) atoms. The predicted molar refractivity (Wildman–Crippen MR) is 97.7 cm³/mol. The largest absolute Gasteiger partial charge is 0.465 e. The van der Waals surface area contributed by atoms with Crippen molar-refractivity contribution in [3.63, 3.8) is 0 Å². The maximum atomic E-state index is 12.2. The monoisotopic (exact) mass is 362 g/mol. The van der Waals surface area contributed by atoms with Crippen LogP contribution in [-0.4, -0.2) is 24.1 Å². The number of nitrogens with one attached hydrogen (secondary N) is 2. The van der Waals surface area contributed by atoms with Crippen molar-refractivity contribution in [1.82, 2.24) is 5.32 Å². The number of carbonyl (C=O) groups is 2. The molecule has 0 radical (unpaired) electrons. The van der Waals surface area contributed by atoms with Crippen LogP contribution in [-0.2, 0) is 4.74 Å². The van der Waals surface area contributed by atoms with E-state index in [2.05, 4.69) is 15.4 Å². The summed E-state index contributed by atoms with van der Waals surface area (Å²) in [6, 6.07) is 11.5. The smallest absolute Gasteiger partial charge is 0.337 e. The van der Waals surface area contributed by atoms with Crippen LogP contribution in [0.5, 0.6) is 0 Å². The Morgan fingerprint density at radius 1 is 1.12 bits per heavy atom. The standard InChI is InChI=1S/C17H15ClN2O3S/c1-10-6-7-13(9-14(10)18)19-17(24)20-15(21)11-4-3-5-12(8-11)16(22)23-2/h3-9H,1-2H3,(H2,19,20,21,24). The molecule has 0 saturated carbocycles. The van der Waals surface area contributed by atoms with E-state index in [1.165, 1.54) is 13.2 Å². The first-order chi connectivity index (χ1) is 11.4. The normalized spacial score (nSPS) is 9.96. The number of anilines is 1. The van der Waals surface area contributed by atoms with Crippen LogP contribution in [0.2, 0.25) is 5.02 Å². The minimum Gasteiger partial charge on any atom is -0.465 e. The van der Waals surface area contributed by atoms with Crippen LogP contribution in [0.15, 0.2) is 42.5 Å². The average molecular weight is 363 g/mol. The van der Waals surface area contributed by atoms with E-state index in [1.54, 1.807) is 30.3 Å². The number of aryl methyl sites for hydroxylation is 1. The summed E-state index contributed by atoms with van der Waals surface area (Å²) < 4.78 is 4.63. The summed E-state index contributed by atoms with van der Waals surface area (Å²) in [4.78, 5) is 23.7. The highest BCUT2D eigenvalue weighted by molar-refractivity contribution is 7.80. The third-order valence-corrected chi connectivity index (χ3v) is 3.81. The molecule has 2 aromatic carbocycles. The molecule has 5 nitrogen and oxygen atoms in total. The fourth-order valence-corrected chi connectivity index (χ4v) is 2.30. The van der Waals surface area contributed by atoms with Crippen LogP contribution in [0, 0.1) is 6.92 Å². The van der Waals surface area contributed by atoms with Crippen molar-refractivity contribution in [1.29, 1.82) is 0 Å². The van der Waals surface area contributed by atoms with Gasteiger partial charge in [0, 0.05) is 16.3 Å². The van der Waals surface area contributed by atoms with E-state index in [-0.39, 0.29) is 10.7 Å². The molecule has 0 fully saturated rings. The second-order valence-corrected chi connectivity index (χ2v) is 5.76. The van der Waals surface area contributed by atoms with E-state index in [0.29, 0.717) is 16.3 Å². The molecule has 7 heteroatoms. The molecule has 0 aliphatic heterocycles. The van der Waals surface area contributed by atoms with Gasteiger partial charge in [-0.3, -0.25) is 10.1 Å². The van der Waals surface area contributed by atoms with Gasteiger partial charge >= 0.3 is 5.97 Å². The number of methoxy groups -OCH3 is 1. The summed E-state index contributed by atoms with van der Waals surface area (Å²) >= 11 is 11.2. The predicted octanol–water partition coefficient (Wildman–Crippen LogP) is 3.56. The van der Waals surface area contributed by atoms with E-state index in [0.717, 1.165) is 5.56 Å². The molecule has 1 amide bonds. The summed E-state index contributed by atoms with van der Waals surface area (Å²) in [6.45, 7) is 1.89. The van der Waals surface area contributed by atoms with Crippen LogP contribution < -0.4 is 10.6 Å². The van der Waals surface area contributed by atoms with E-state index < -0.39 is 11.9 Å². The van der Waals surface area contributed by atoms with E-state index >= 15 is 0 Å². The number of rotatable bonds is 3. The molecular weight excluding hydrogens is 348 g/mol. The molecule has 0 aromatic heterocycles. The Balaban J connectivity index is 2.04. The third-order valence-electron chi connectivity index (χ3n) is 3.20. The first-order valence-electron chi connectivity index (χ1n) is 6.97. The van der Waals surface area contributed by atoms with Crippen molar-refractivity contribution in [2.75, 3.05) is 12.4 Å². The van der Waals surface area contributed by atoms with E-state index in [1.807, 2.05) is 13.0 Å². The number of benzene rings is 2. The maximum absolute atomic E-state index is 12.2. The molecule has 0 unspecified atom stereocenters. The van der Waals surface area contributed by atoms with Gasteiger partial charge in [-0.15, -0.1) is 0 Å². The summed E-state index contributed by atoms with van der Waals surface area (Å²) in [7, 11) is 1.28. The van der Waals surface area contributed by atoms with Crippen molar-refractivity contribution in [2.24, 2.45) is 0 Å². The lowest BCUT2D eigenvalue weighted by atomic mass is 10.1. The molecule has 0 aliphatic carbocycles. The maximum Gasteiger partial charge on any atom is 0.337 e. The van der Waals surface area contributed by atoms with Gasteiger partial charge in [0.1, 0.15) is 0 Å². The molecule has 0 aliphatic rings. The Hall–Kier alpha value is -2.44. The summed E-state index contributed by atoms with van der Waals surface area (Å²) in [6.07, 6.45) is 0. The highest BCUT2D eigenvalue weighted by Crippen LogP contribution is 2.19. The van der Waals surface area contributed by atoms with Crippen molar-refractivity contribution in [2.45, 2.75) is 6.92 Å². The van der Waals surface area contributed by atoms with E-state index in [9.17, 15) is 9.59 Å². The molecule has 0 heterocycles. The van der Waals surface area contributed by atoms with Gasteiger partial charge in [0.25, 0.3) is 5.91 Å². The molecule has 124 valence electrons. The van der Waals surface area contributed by atoms with Crippen molar-refractivity contribution in [3.05, 3.63) is 64.2 Å². The lowest BCUT2D eigenvalue weighted by molar-refractivity contribution is 0.0600. The van der Waals surface area contributed by atoms with Gasteiger partial charge in [0.05, 0.1) is 12.7 Å². The van der Waals surface area contributed by atoms with Crippen molar-refractivity contribution < 1.29 is 14.3 Å². The number of esters is 1. The molecule has 2 N–H and O–H groups in total. The molecule has 0 spiro atoms. The van der Waals surface area contributed by atoms with Crippen LogP contribution >= 0.6 is 23.8 Å². The molecule has 0 atom stereocenters. The quantitative estimate of drug-likeness (QED) is 0.645. The highest BCUT2D eigenvalue weighted by Gasteiger charge is 2.12. The minimum atomic E-state index is -0.514. The Morgan fingerprint density at radius 2 is 1.83 bits per heavy atom. The number of amides is 1.